The van der Waals surface area contributed by atoms with Gasteiger partial charge in [0.1, 0.15) is 18.4 Å². The predicted molar refractivity (Wildman–Crippen MR) is 72.7 cm³/mol. The second-order valence-corrected chi connectivity index (χ2v) is 4.86. The molecule has 1 amide bonds. The number of nitrogens with one attached hydrogen (secondary N) is 1. The van der Waals surface area contributed by atoms with Crippen LogP contribution in [0.15, 0.2) is 18.2 Å². The quantitative estimate of drug-likeness (QED) is 0.805. The van der Waals surface area contributed by atoms with Crippen molar-refractivity contribution in [2.45, 2.75) is 39.8 Å². The molecule has 0 saturated heterocycles. The number of nitrogens with two attached hydrogens (primary N) is 1. The predicted octanol–water partition coefficient (Wildman–Crippen LogP) is 1.53. The van der Waals surface area contributed by atoms with Gasteiger partial charge in [-0.05, 0) is 31.0 Å². The van der Waals surface area contributed by atoms with Crippen molar-refractivity contribution in [2.24, 2.45) is 5.73 Å². The summed E-state index contributed by atoms with van der Waals surface area (Å²) in [6.45, 7) is 8.16. The molecule has 0 saturated carbocycles. The molecule has 4 heteroatoms. The van der Waals surface area contributed by atoms with Crippen LogP contribution in [-0.2, 0) is 4.79 Å². The minimum absolute atomic E-state index is 0.185. The number of ether oxygens (including phenoxy) is 1. The maximum Gasteiger partial charge on any atom is 0.238 e. The molecule has 100 valence electrons. The van der Waals surface area contributed by atoms with Gasteiger partial charge >= 0.3 is 0 Å². The Balaban J connectivity index is 2.66. The van der Waals surface area contributed by atoms with Crippen LogP contribution in [0, 0.1) is 13.8 Å². The van der Waals surface area contributed by atoms with Gasteiger partial charge in [0.15, 0.2) is 0 Å². The average molecular weight is 250 g/mol. The molecule has 1 aromatic rings. The first-order chi connectivity index (χ1) is 8.40. The van der Waals surface area contributed by atoms with E-state index in [4.69, 9.17) is 10.5 Å². The molecule has 1 rings (SSSR count). The highest BCUT2D eigenvalue weighted by molar-refractivity contribution is 5.80. The maximum absolute atomic E-state index is 11.3. The lowest BCUT2D eigenvalue weighted by atomic mass is 10.1. The summed E-state index contributed by atoms with van der Waals surface area (Å²) in [4.78, 5) is 11.3. The van der Waals surface area contributed by atoms with E-state index < -0.39 is 11.9 Å². The van der Waals surface area contributed by atoms with Gasteiger partial charge in [0, 0.05) is 6.04 Å². The summed E-state index contributed by atoms with van der Waals surface area (Å²) in [5, 5.41) is 3.08. The van der Waals surface area contributed by atoms with Crippen LogP contribution in [0.2, 0.25) is 0 Å². The van der Waals surface area contributed by atoms with E-state index in [-0.39, 0.29) is 12.6 Å². The first-order valence-electron chi connectivity index (χ1n) is 6.15. The Bertz CT molecular complexity index is 416. The number of primary amides is 1. The van der Waals surface area contributed by atoms with E-state index in [1.54, 1.807) is 0 Å². The number of aryl methyl sites for hydroxylation is 2. The third-order valence-corrected chi connectivity index (χ3v) is 2.63. The van der Waals surface area contributed by atoms with Gasteiger partial charge in [-0.15, -0.1) is 0 Å². The van der Waals surface area contributed by atoms with Crippen molar-refractivity contribution in [1.82, 2.24) is 5.32 Å². The zero-order valence-corrected chi connectivity index (χ0v) is 11.5. The normalized spacial score (nSPS) is 12.5. The number of benzene rings is 1. The molecule has 1 aromatic carbocycles. The number of hydrogen-bond donors (Lipinski definition) is 2. The van der Waals surface area contributed by atoms with E-state index in [1.165, 1.54) is 0 Å². The molecule has 3 N–H and O–H groups in total. The Kier molecular flexibility index (Phi) is 5.16. The highest BCUT2D eigenvalue weighted by Gasteiger charge is 2.17. The van der Waals surface area contributed by atoms with Crippen LogP contribution in [0.4, 0.5) is 0 Å². The third kappa shape index (κ3) is 4.37. The molecule has 1 unspecified atom stereocenters. The Morgan fingerprint density at radius 1 is 1.39 bits per heavy atom. The van der Waals surface area contributed by atoms with E-state index in [0.29, 0.717) is 0 Å². The van der Waals surface area contributed by atoms with E-state index in [2.05, 4.69) is 5.32 Å². The van der Waals surface area contributed by atoms with E-state index in [0.717, 1.165) is 16.9 Å². The summed E-state index contributed by atoms with van der Waals surface area (Å²) in [7, 11) is 0. The van der Waals surface area contributed by atoms with Gasteiger partial charge in [0.25, 0.3) is 0 Å². The monoisotopic (exact) mass is 250 g/mol. The number of rotatable bonds is 6. The molecular formula is C14H22N2O2. The molecule has 0 aliphatic carbocycles. The van der Waals surface area contributed by atoms with Crippen LogP contribution in [-0.4, -0.2) is 24.6 Å². The van der Waals surface area contributed by atoms with Gasteiger partial charge in [-0.2, -0.15) is 0 Å². The van der Waals surface area contributed by atoms with Crippen LogP contribution < -0.4 is 15.8 Å². The molecule has 0 radical (unpaired) electrons. The van der Waals surface area contributed by atoms with Crippen LogP contribution >= 0.6 is 0 Å². The van der Waals surface area contributed by atoms with Crippen molar-refractivity contribution in [3.63, 3.8) is 0 Å². The van der Waals surface area contributed by atoms with Gasteiger partial charge in [-0.25, -0.2) is 0 Å². The molecule has 1 atom stereocenters. The molecule has 0 aliphatic rings. The van der Waals surface area contributed by atoms with E-state index in [9.17, 15) is 4.79 Å². The zero-order chi connectivity index (χ0) is 13.7. The van der Waals surface area contributed by atoms with Crippen molar-refractivity contribution < 1.29 is 9.53 Å². The molecule has 0 fully saturated rings. The van der Waals surface area contributed by atoms with Gasteiger partial charge in [0.05, 0.1) is 0 Å². The molecule has 0 aliphatic heterocycles. The fourth-order valence-electron chi connectivity index (χ4n) is 1.65. The lowest BCUT2D eigenvalue weighted by molar-refractivity contribution is -0.120. The molecule has 0 heterocycles. The lowest BCUT2D eigenvalue weighted by Crippen LogP contribution is -2.48. The molecule has 0 bridgehead atoms. The Hall–Kier alpha value is -1.55. The summed E-state index contributed by atoms with van der Waals surface area (Å²) in [5.74, 6) is 0.404. The van der Waals surface area contributed by atoms with Crippen molar-refractivity contribution >= 4 is 5.91 Å². The van der Waals surface area contributed by atoms with Crippen LogP contribution in [0.5, 0.6) is 5.75 Å². The molecule has 0 aromatic heterocycles. The second-order valence-electron chi connectivity index (χ2n) is 4.86. The summed E-state index contributed by atoms with van der Waals surface area (Å²) < 4.78 is 5.68. The van der Waals surface area contributed by atoms with Gasteiger partial charge < -0.3 is 15.8 Å². The number of amides is 1. The van der Waals surface area contributed by atoms with Crippen molar-refractivity contribution in [3.05, 3.63) is 29.3 Å². The first kappa shape index (κ1) is 14.5. The largest absolute Gasteiger partial charge is 0.491 e. The fourth-order valence-corrected chi connectivity index (χ4v) is 1.65. The number of carbonyl (C=O) groups is 1. The topological polar surface area (TPSA) is 64.3 Å². The molecule has 4 nitrogen and oxygen atoms in total. The van der Waals surface area contributed by atoms with Crippen LogP contribution in [0.1, 0.15) is 25.0 Å². The summed E-state index contributed by atoms with van der Waals surface area (Å²) in [6, 6.07) is 5.71. The fraction of sp³-hybridized carbons (Fsp3) is 0.500. The van der Waals surface area contributed by atoms with Crippen molar-refractivity contribution in [3.8, 4) is 5.75 Å². The molecular weight excluding hydrogens is 228 g/mol. The maximum atomic E-state index is 11.3. The standard InChI is InChI=1S/C14H22N2O2/c1-9(2)16-12(14(15)17)8-18-13-7-10(3)5-6-11(13)4/h5-7,9,12,16H,8H2,1-4H3,(H2,15,17). The van der Waals surface area contributed by atoms with Crippen LogP contribution in [0.3, 0.4) is 0 Å². The van der Waals surface area contributed by atoms with Crippen LogP contribution in [0.25, 0.3) is 0 Å². The lowest BCUT2D eigenvalue weighted by Gasteiger charge is -2.19. The SMILES string of the molecule is Cc1ccc(C)c(OCC(NC(C)C)C(N)=O)c1. The Morgan fingerprint density at radius 3 is 2.61 bits per heavy atom. The highest BCUT2D eigenvalue weighted by atomic mass is 16.5. The minimum Gasteiger partial charge on any atom is -0.491 e. The summed E-state index contributed by atoms with van der Waals surface area (Å²) in [6.07, 6.45) is 0. The van der Waals surface area contributed by atoms with Gasteiger partial charge in [-0.3, -0.25) is 4.79 Å². The average Bonchev–Trinajstić information content (AvgIpc) is 2.27. The molecule has 18 heavy (non-hydrogen) atoms. The number of carbonyl (C=O) groups excluding carboxylic acids is 1. The second kappa shape index (κ2) is 6.40. The highest BCUT2D eigenvalue weighted by Crippen LogP contribution is 2.19. The Labute approximate surface area is 109 Å². The summed E-state index contributed by atoms with van der Waals surface area (Å²) >= 11 is 0. The van der Waals surface area contributed by atoms with Gasteiger partial charge in [0.2, 0.25) is 5.91 Å². The van der Waals surface area contributed by atoms with Crippen molar-refractivity contribution in [2.75, 3.05) is 6.61 Å². The molecule has 0 spiro atoms. The van der Waals surface area contributed by atoms with E-state index >= 15 is 0 Å². The Morgan fingerprint density at radius 2 is 2.06 bits per heavy atom. The zero-order valence-electron chi connectivity index (χ0n) is 11.5. The minimum atomic E-state index is -0.468. The van der Waals surface area contributed by atoms with E-state index in [1.807, 2.05) is 45.9 Å². The van der Waals surface area contributed by atoms with Gasteiger partial charge in [-0.1, -0.05) is 26.0 Å². The summed E-state index contributed by atoms with van der Waals surface area (Å²) in [5.41, 5.74) is 7.51. The third-order valence-electron chi connectivity index (χ3n) is 2.63. The number of hydrogen-bond acceptors (Lipinski definition) is 3. The first-order valence-corrected chi connectivity index (χ1v) is 6.15. The van der Waals surface area contributed by atoms with Crippen molar-refractivity contribution in [1.29, 1.82) is 0 Å². The smallest absolute Gasteiger partial charge is 0.238 e.